The summed E-state index contributed by atoms with van der Waals surface area (Å²) in [4.78, 5) is 0. The summed E-state index contributed by atoms with van der Waals surface area (Å²) in [7, 11) is 0. The van der Waals surface area contributed by atoms with Gasteiger partial charge in [0, 0.05) is 0 Å². The van der Waals surface area contributed by atoms with Gasteiger partial charge in [-0.3, -0.25) is 0 Å². The molecule has 1 saturated heterocycles. The fraction of sp³-hybridized carbons (Fsp3) is 0.400. The average Bonchev–Trinajstić information content (AvgIpc) is 3.14. The molecule has 4 rings (SSSR count). The van der Waals surface area contributed by atoms with Crippen molar-refractivity contribution in [3.8, 4) is 11.5 Å². The van der Waals surface area contributed by atoms with Crippen LogP contribution in [0.4, 0.5) is 0 Å². The first-order chi connectivity index (χ1) is 13.1. The van der Waals surface area contributed by atoms with E-state index in [1.807, 2.05) is 36.4 Å². The van der Waals surface area contributed by atoms with E-state index in [-0.39, 0.29) is 6.79 Å². The molecule has 5 atom stereocenters. The first-order valence-corrected chi connectivity index (χ1v) is 8.84. The zero-order chi connectivity index (χ0) is 19.0. The predicted octanol–water partition coefficient (Wildman–Crippen LogP) is 0.521. The van der Waals surface area contributed by atoms with Crippen LogP contribution in [0.25, 0.3) is 0 Å². The molecule has 7 nitrogen and oxygen atoms in total. The van der Waals surface area contributed by atoms with Crippen LogP contribution >= 0.6 is 0 Å². The van der Waals surface area contributed by atoms with Gasteiger partial charge in [0.25, 0.3) is 0 Å². The van der Waals surface area contributed by atoms with Gasteiger partial charge >= 0.3 is 0 Å². The summed E-state index contributed by atoms with van der Waals surface area (Å²) in [5.74, 6) is 1.45. The summed E-state index contributed by atoms with van der Waals surface area (Å²) in [5, 5.41) is 39.6. The number of rotatable bonds is 4. The van der Waals surface area contributed by atoms with Gasteiger partial charge in [0.2, 0.25) is 6.79 Å². The lowest BCUT2D eigenvalue weighted by atomic mass is 9.90. The zero-order valence-electron chi connectivity index (χ0n) is 14.6. The fourth-order valence-electron chi connectivity index (χ4n) is 3.54. The lowest BCUT2D eigenvalue weighted by Crippen LogP contribution is -2.55. The molecule has 2 heterocycles. The standard InChI is InChI=1S/C20H22O7/c21-9-16-17(22)18(23)19(24)20(27-16)13-3-1-2-11(7-13)6-12-4-5-14-15(8-12)26-10-25-14/h1-5,7-8,16-24H,6,9-10H2/t16-,17-,18+,19-,20+/m1/s1. The van der Waals surface area contributed by atoms with Crippen molar-refractivity contribution in [2.45, 2.75) is 36.9 Å². The predicted molar refractivity (Wildman–Crippen MR) is 94.5 cm³/mol. The first-order valence-electron chi connectivity index (χ1n) is 8.84. The SMILES string of the molecule is OC[C@H]1O[C@@H](c2cccc(Cc3ccc4c(c3)OCO4)c2)[C@H](O)[C@@H](O)[C@@H]1O. The summed E-state index contributed by atoms with van der Waals surface area (Å²) in [6.45, 7) is -0.219. The molecule has 0 saturated carbocycles. The maximum atomic E-state index is 10.3. The van der Waals surface area contributed by atoms with Crippen LogP contribution in [0.5, 0.6) is 11.5 Å². The molecular weight excluding hydrogens is 352 g/mol. The Balaban J connectivity index is 1.55. The van der Waals surface area contributed by atoms with Crippen LogP contribution < -0.4 is 9.47 Å². The average molecular weight is 374 g/mol. The minimum atomic E-state index is -1.39. The molecule has 2 aliphatic heterocycles. The highest BCUT2D eigenvalue weighted by atomic mass is 16.7. The molecule has 0 aromatic heterocycles. The van der Waals surface area contributed by atoms with E-state index in [1.165, 1.54) is 0 Å². The van der Waals surface area contributed by atoms with Gasteiger partial charge in [-0.15, -0.1) is 0 Å². The monoisotopic (exact) mass is 374 g/mol. The molecule has 0 radical (unpaired) electrons. The smallest absolute Gasteiger partial charge is 0.231 e. The van der Waals surface area contributed by atoms with E-state index < -0.39 is 37.1 Å². The minimum Gasteiger partial charge on any atom is -0.454 e. The first kappa shape index (κ1) is 18.2. The topological polar surface area (TPSA) is 109 Å². The molecule has 0 unspecified atom stereocenters. The zero-order valence-corrected chi connectivity index (χ0v) is 14.6. The number of aliphatic hydroxyl groups excluding tert-OH is 4. The number of aliphatic hydroxyl groups is 4. The molecule has 2 aliphatic rings. The summed E-state index contributed by atoms with van der Waals surface area (Å²) >= 11 is 0. The lowest BCUT2D eigenvalue weighted by Gasteiger charge is -2.40. The molecule has 2 aromatic rings. The van der Waals surface area contributed by atoms with Crippen LogP contribution in [-0.4, -0.2) is 58.2 Å². The molecule has 0 spiro atoms. The summed E-state index contributed by atoms with van der Waals surface area (Å²) in [5.41, 5.74) is 2.71. The normalized spacial score (nSPS) is 29.7. The Bertz CT molecular complexity index is 807. The van der Waals surface area contributed by atoms with E-state index in [0.29, 0.717) is 12.0 Å². The van der Waals surface area contributed by atoms with Crippen LogP contribution in [0.15, 0.2) is 42.5 Å². The number of ether oxygens (including phenoxy) is 3. The lowest BCUT2D eigenvalue weighted by molar-refractivity contribution is -0.231. The van der Waals surface area contributed by atoms with Gasteiger partial charge < -0.3 is 34.6 Å². The van der Waals surface area contributed by atoms with Crippen LogP contribution in [0.2, 0.25) is 0 Å². The maximum absolute atomic E-state index is 10.3. The van der Waals surface area contributed by atoms with Crippen LogP contribution in [0.1, 0.15) is 22.8 Å². The second kappa shape index (κ2) is 7.46. The van der Waals surface area contributed by atoms with E-state index in [1.54, 1.807) is 6.07 Å². The van der Waals surface area contributed by atoms with Crippen LogP contribution in [0.3, 0.4) is 0 Å². The Morgan fingerprint density at radius 2 is 1.63 bits per heavy atom. The highest BCUT2D eigenvalue weighted by Gasteiger charge is 2.43. The van der Waals surface area contributed by atoms with E-state index >= 15 is 0 Å². The molecule has 0 amide bonds. The van der Waals surface area contributed by atoms with Gasteiger partial charge in [0.1, 0.15) is 30.5 Å². The van der Waals surface area contributed by atoms with Crippen molar-refractivity contribution in [1.29, 1.82) is 0 Å². The van der Waals surface area contributed by atoms with Crippen LogP contribution in [-0.2, 0) is 11.2 Å². The Hall–Kier alpha value is -2.16. The highest BCUT2D eigenvalue weighted by molar-refractivity contribution is 5.45. The van der Waals surface area contributed by atoms with Crippen molar-refractivity contribution in [3.05, 3.63) is 59.2 Å². The van der Waals surface area contributed by atoms with Crippen molar-refractivity contribution >= 4 is 0 Å². The second-order valence-electron chi connectivity index (χ2n) is 6.86. The minimum absolute atomic E-state index is 0.228. The Morgan fingerprint density at radius 3 is 2.44 bits per heavy atom. The molecule has 27 heavy (non-hydrogen) atoms. The van der Waals surface area contributed by atoms with Crippen molar-refractivity contribution in [2.24, 2.45) is 0 Å². The molecule has 2 aromatic carbocycles. The molecule has 1 fully saturated rings. The van der Waals surface area contributed by atoms with Gasteiger partial charge in [-0.25, -0.2) is 0 Å². The quantitative estimate of drug-likeness (QED) is 0.618. The summed E-state index contributed by atoms with van der Waals surface area (Å²) in [6, 6.07) is 13.3. The Kier molecular flexibility index (Phi) is 5.03. The van der Waals surface area contributed by atoms with E-state index in [4.69, 9.17) is 14.2 Å². The molecule has 144 valence electrons. The second-order valence-corrected chi connectivity index (χ2v) is 6.86. The molecule has 7 heteroatoms. The molecule has 4 N–H and O–H groups in total. The number of fused-ring (bicyclic) bond motifs is 1. The third-order valence-corrected chi connectivity index (χ3v) is 5.02. The van der Waals surface area contributed by atoms with Crippen molar-refractivity contribution in [3.63, 3.8) is 0 Å². The number of hydrogen-bond donors (Lipinski definition) is 4. The largest absolute Gasteiger partial charge is 0.454 e. The fourth-order valence-corrected chi connectivity index (χ4v) is 3.54. The third kappa shape index (κ3) is 3.52. The number of hydrogen-bond acceptors (Lipinski definition) is 7. The molecular formula is C20H22O7. The van der Waals surface area contributed by atoms with Gasteiger partial charge in [-0.1, -0.05) is 30.3 Å². The number of benzene rings is 2. The van der Waals surface area contributed by atoms with Crippen molar-refractivity contribution in [1.82, 2.24) is 0 Å². The van der Waals surface area contributed by atoms with Gasteiger partial charge in [-0.2, -0.15) is 0 Å². The van der Waals surface area contributed by atoms with E-state index in [2.05, 4.69) is 0 Å². The van der Waals surface area contributed by atoms with Gasteiger partial charge in [-0.05, 0) is 35.2 Å². The third-order valence-electron chi connectivity index (χ3n) is 5.02. The van der Waals surface area contributed by atoms with Crippen molar-refractivity contribution in [2.75, 3.05) is 13.4 Å². The van der Waals surface area contributed by atoms with Gasteiger partial charge in [0.05, 0.1) is 6.61 Å². The molecule has 0 aliphatic carbocycles. The van der Waals surface area contributed by atoms with Gasteiger partial charge in [0.15, 0.2) is 11.5 Å². The molecule has 0 bridgehead atoms. The maximum Gasteiger partial charge on any atom is 0.231 e. The van der Waals surface area contributed by atoms with Crippen molar-refractivity contribution < 1.29 is 34.6 Å². The van der Waals surface area contributed by atoms with Crippen LogP contribution in [0, 0.1) is 0 Å². The highest BCUT2D eigenvalue weighted by Crippen LogP contribution is 2.35. The summed E-state index contributed by atoms with van der Waals surface area (Å²) in [6.07, 6.45) is -5.16. The van der Waals surface area contributed by atoms with E-state index in [9.17, 15) is 20.4 Å². The van der Waals surface area contributed by atoms with E-state index in [0.717, 1.165) is 22.6 Å². The Morgan fingerprint density at radius 1 is 0.852 bits per heavy atom. The Labute approximate surface area is 156 Å². The summed E-state index contributed by atoms with van der Waals surface area (Å²) < 4.78 is 16.4.